The SMILES string of the molecule is Fc1nc(Br)ccc1OCc1ccccc1. The molecule has 82 valence electrons. The quantitative estimate of drug-likeness (QED) is 0.803. The van der Waals surface area contributed by atoms with Gasteiger partial charge in [-0.05, 0) is 33.6 Å². The first-order valence-electron chi connectivity index (χ1n) is 4.74. The third kappa shape index (κ3) is 2.79. The van der Waals surface area contributed by atoms with Gasteiger partial charge in [-0.15, -0.1) is 0 Å². The van der Waals surface area contributed by atoms with Gasteiger partial charge in [0.25, 0.3) is 5.95 Å². The molecule has 0 N–H and O–H groups in total. The van der Waals surface area contributed by atoms with Crippen LogP contribution in [-0.4, -0.2) is 4.98 Å². The molecule has 0 saturated heterocycles. The Morgan fingerprint density at radius 3 is 2.56 bits per heavy atom. The van der Waals surface area contributed by atoms with Crippen molar-refractivity contribution in [2.45, 2.75) is 6.61 Å². The summed E-state index contributed by atoms with van der Waals surface area (Å²) in [4.78, 5) is 3.61. The molecular weight excluding hydrogens is 273 g/mol. The Hall–Kier alpha value is -1.42. The maximum absolute atomic E-state index is 13.3. The van der Waals surface area contributed by atoms with Gasteiger partial charge in [0.1, 0.15) is 11.2 Å². The molecule has 16 heavy (non-hydrogen) atoms. The first-order chi connectivity index (χ1) is 7.75. The highest BCUT2D eigenvalue weighted by Gasteiger charge is 2.05. The van der Waals surface area contributed by atoms with Gasteiger partial charge in [0.15, 0.2) is 5.75 Å². The van der Waals surface area contributed by atoms with E-state index in [0.29, 0.717) is 11.2 Å². The van der Waals surface area contributed by atoms with E-state index in [1.807, 2.05) is 30.3 Å². The van der Waals surface area contributed by atoms with E-state index in [1.54, 1.807) is 12.1 Å². The second kappa shape index (κ2) is 5.07. The summed E-state index contributed by atoms with van der Waals surface area (Å²) in [5, 5.41) is 0. The van der Waals surface area contributed by atoms with E-state index < -0.39 is 5.95 Å². The van der Waals surface area contributed by atoms with Crippen LogP contribution in [0.1, 0.15) is 5.56 Å². The summed E-state index contributed by atoms with van der Waals surface area (Å²) in [5.41, 5.74) is 0.991. The Morgan fingerprint density at radius 2 is 1.88 bits per heavy atom. The topological polar surface area (TPSA) is 22.1 Å². The van der Waals surface area contributed by atoms with Crippen LogP contribution >= 0.6 is 15.9 Å². The number of halogens is 2. The third-order valence-electron chi connectivity index (χ3n) is 2.02. The second-order valence-corrected chi connectivity index (χ2v) is 4.01. The van der Waals surface area contributed by atoms with Crippen LogP contribution in [-0.2, 0) is 6.61 Å². The lowest BCUT2D eigenvalue weighted by Gasteiger charge is -2.06. The lowest BCUT2D eigenvalue weighted by Crippen LogP contribution is -1.98. The largest absolute Gasteiger partial charge is 0.484 e. The molecule has 2 nitrogen and oxygen atoms in total. The van der Waals surface area contributed by atoms with Crippen molar-refractivity contribution in [3.05, 3.63) is 58.6 Å². The minimum absolute atomic E-state index is 0.159. The molecule has 1 aromatic heterocycles. The van der Waals surface area contributed by atoms with E-state index in [9.17, 15) is 4.39 Å². The third-order valence-corrected chi connectivity index (χ3v) is 2.46. The Labute approximate surface area is 101 Å². The van der Waals surface area contributed by atoms with Crippen molar-refractivity contribution < 1.29 is 9.13 Å². The van der Waals surface area contributed by atoms with E-state index in [2.05, 4.69) is 20.9 Å². The molecule has 0 fully saturated rings. The second-order valence-electron chi connectivity index (χ2n) is 3.20. The number of pyridine rings is 1. The Bertz CT molecular complexity index is 476. The Morgan fingerprint density at radius 1 is 1.12 bits per heavy atom. The zero-order chi connectivity index (χ0) is 11.4. The maximum atomic E-state index is 13.3. The first kappa shape index (κ1) is 11.1. The molecule has 0 saturated carbocycles. The minimum atomic E-state index is -0.606. The van der Waals surface area contributed by atoms with Gasteiger partial charge in [-0.3, -0.25) is 0 Å². The molecule has 2 aromatic rings. The molecule has 0 radical (unpaired) electrons. The number of hydrogen-bond acceptors (Lipinski definition) is 2. The van der Waals surface area contributed by atoms with Crippen LogP contribution in [0.3, 0.4) is 0 Å². The highest BCUT2D eigenvalue weighted by Crippen LogP contribution is 2.18. The molecule has 1 heterocycles. The summed E-state index contributed by atoms with van der Waals surface area (Å²) in [6, 6.07) is 12.8. The zero-order valence-corrected chi connectivity index (χ0v) is 9.95. The smallest absolute Gasteiger partial charge is 0.256 e. The number of benzene rings is 1. The first-order valence-corrected chi connectivity index (χ1v) is 5.54. The highest BCUT2D eigenvalue weighted by atomic mass is 79.9. The van der Waals surface area contributed by atoms with E-state index in [-0.39, 0.29) is 5.75 Å². The lowest BCUT2D eigenvalue weighted by atomic mass is 10.2. The molecule has 0 aliphatic carbocycles. The average Bonchev–Trinajstić information content (AvgIpc) is 2.29. The van der Waals surface area contributed by atoms with Crippen LogP contribution in [0.2, 0.25) is 0 Å². The highest BCUT2D eigenvalue weighted by molar-refractivity contribution is 9.10. The van der Waals surface area contributed by atoms with Gasteiger partial charge in [0.05, 0.1) is 0 Å². The van der Waals surface area contributed by atoms with Crippen molar-refractivity contribution in [1.82, 2.24) is 4.98 Å². The summed E-state index contributed by atoms with van der Waals surface area (Å²) < 4.78 is 19.1. The summed E-state index contributed by atoms with van der Waals surface area (Å²) in [5.74, 6) is -0.447. The van der Waals surface area contributed by atoms with Crippen LogP contribution < -0.4 is 4.74 Å². The summed E-state index contributed by atoms with van der Waals surface area (Å²) in [6.45, 7) is 0.334. The number of aromatic nitrogens is 1. The zero-order valence-electron chi connectivity index (χ0n) is 8.36. The standard InChI is InChI=1S/C12H9BrFNO/c13-11-7-6-10(12(14)15-11)16-8-9-4-2-1-3-5-9/h1-7H,8H2. The molecule has 0 atom stereocenters. The molecule has 0 aliphatic heterocycles. The normalized spacial score (nSPS) is 10.1. The fraction of sp³-hybridized carbons (Fsp3) is 0.0833. The molecular formula is C12H9BrFNO. The summed E-state index contributed by atoms with van der Waals surface area (Å²) in [6.07, 6.45) is 0. The summed E-state index contributed by atoms with van der Waals surface area (Å²) >= 11 is 3.09. The van der Waals surface area contributed by atoms with Crippen molar-refractivity contribution in [3.63, 3.8) is 0 Å². The Balaban J connectivity index is 2.05. The van der Waals surface area contributed by atoms with Crippen molar-refractivity contribution in [3.8, 4) is 5.75 Å². The van der Waals surface area contributed by atoms with Crippen LogP contribution in [0, 0.1) is 5.95 Å². The van der Waals surface area contributed by atoms with Gasteiger partial charge in [0, 0.05) is 0 Å². The number of hydrogen-bond donors (Lipinski definition) is 0. The van der Waals surface area contributed by atoms with E-state index >= 15 is 0 Å². The van der Waals surface area contributed by atoms with Gasteiger partial charge in [-0.2, -0.15) is 4.39 Å². The molecule has 2 rings (SSSR count). The van der Waals surface area contributed by atoms with Gasteiger partial charge in [-0.1, -0.05) is 30.3 Å². The van der Waals surface area contributed by atoms with Gasteiger partial charge in [0.2, 0.25) is 0 Å². The molecule has 1 aromatic carbocycles. The van der Waals surface area contributed by atoms with Crippen molar-refractivity contribution in [1.29, 1.82) is 0 Å². The molecule has 4 heteroatoms. The van der Waals surface area contributed by atoms with Gasteiger partial charge in [-0.25, -0.2) is 4.98 Å². The van der Waals surface area contributed by atoms with Crippen LogP contribution in [0.4, 0.5) is 4.39 Å². The number of rotatable bonds is 3. The predicted molar refractivity (Wildman–Crippen MR) is 62.7 cm³/mol. The van der Waals surface area contributed by atoms with E-state index in [0.717, 1.165) is 5.56 Å². The maximum Gasteiger partial charge on any atom is 0.256 e. The summed E-state index contributed by atoms with van der Waals surface area (Å²) in [7, 11) is 0. The monoisotopic (exact) mass is 281 g/mol. The average molecular weight is 282 g/mol. The molecule has 0 aliphatic rings. The van der Waals surface area contributed by atoms with Crippen LogP contribution in [0.25, 0.3) is 0 Å². The Kier molecular flexibility index (Phi) is 3.51. The van der Waals surface area contributed by atoms with Crippen molar-refractivity contribution in [2.75, 3.05) is 0 Å². The van der Waals surface area contributed by atoms with E-state index in [4.69, 9.17) is 4.74 Å². The van der Waals surface area contributed by atoms with Crippen molar-refractivity contribution >= 4 is 15.9 Å². The van der Waals surface area contributed by atoms with E-state index in [1.165, 1.54) is 0 Å². The van der Waals surface area contributed by atoms with Gasteiger partial charge < -0.3 is 4.74 Å². The predicted octanol–water partition coefficient (Wildman–Crippen LogP) is 3.56. The van der Waals surface area contributed by atoms with Gasteiger partial charge >= 0.3 is 0 Å². The molecule has 0 unspecified atom stereocenters. The fourth-order valence-electron chi connectivity index (χ4n) is 1.24. The van der Waals surface area contributed by atoms with Crippen molar-refractivity contribution in [2.24, 2.45) is 0 Å². The number of nitrogens with zero attached hydrogens (tertiary/aromatic N) is 1. The molecule has 0 bridgehead atoms. The molecule has 0 amide bonds. The number of ether oxygens (including phenoxy) is 1. The fourth-order valence-corrected chi connectivity index (χ4v) is 1.53. The van der Waals surface area contributed by atoms with Crippen LogP contribution in [0.5, 0.6) is 5.75 Å². The lowest BCUT2D eigenvalue weighted by molar-refractivity contribution is 0.285. The minimum Gasteiger partial charge on any atom is -0.484 e. The van der Waals surface area contributed by atoms with Crippen LogP contribution in [0.15, 0.2) is 47.1 Å². The molecule has 0 spiro atoms.